The van der Waals surface area contributed by atoms with Crippen molar-refractivity contribution in [2.45, 2.75) is 13.0 Å². The molecular formula is C24H19N3O7S. The number of benzene rings is 2. The SMILES string of the molecule is COC(=O)c1ccc([C@H]2C(=C(O)c3ccc4c(c3)OCCO4)C(=O)C(=O)N2c2nnc(C)s2)cc1. The van der Waals surface area contributed by atoms with Crippen LogP contribution in [0.1, 0.15) is 32.5 Å². The molecule has 1 N–H and O–H groups in total. The van der Waals surface area contributed by atoms with Crippen molar-refractivity contribution in [1.29, 1.82) is 0 Å². The molecule has 0 saturated carbocycles. The summed E-state index contributed by atoms with van der Waals surface area (Å²) in [5, 5.41) is 20.1. The summed E-state index contributed by atoms with van der Waals surface area (Å²) < 4.78 is 15.9. The number of Topliss-reactive ketones (excluding diaryl/α,β-unsaturated/α-hetero) is 1. The van der Waals surface area contributed by atoms with E-state index < -0.39 is 23.7 Å². The van der Waals surface area contributed by atoms with E-state index in [1.807, 2.05) is 0 Å². The van der Waals surface area contributed by atoms with Crippen LogP contribution in [0.5, 0.6) is 11.5 Å². The van der Waals surface area contributed by atoms with E-state index in [9.17, 15) is 19.5 Å². The van der Waals surface area contributed by atoms with Crippen molar-refractivity contribution in [2.75, 3.05) is 25.2 Å². The van der Waals surface area contributed by atoms with Crippen LogP contribution in [0, 0.1) is 6.92 Å². The fourth-order valence-corrected chi connectivity index (χ4v) is 4.71. The lowest BCUT2D eigenvalue weighted by molar-refractivity contribution is -0.132. The lowest BCUT2D eigenvalue weighted by Gasteiger charge is -2.23. The Bertz CT molecular complexity index is 1380. The maximum atomic E-state index is 13.2. The summed E-state index contributed by atoms with van der Waals surface area (Å²) in [4.78, 5) is 39.5. The molecule has 0 spiro atoms. The molecule has 0 aliphatic carbocycles. The Labute approximate surface area is 203 Å². The van der Waals surface area contributed by atoms with E-state index in [1.54, 1.807) is 37.3 Å². The molecule has 1 fully saturated rings. The highest BCUT2D eigenvalue weighted by atomic mass is 32.1. The van der Waals surface area contributed by atoms with Crippen molar-refractivity contribution in [3.05, 3.63) is 69.7 Å². The molecule has 1 saturated heterocycles. The van der Waals surface area contributed by atoms with Gasteiger partial charge in [0.1, 0.15) is 24.0 Å². The minimum absolute atomic E-state index is 0.120. The van der Waals surface area contributed by atoms with Gasteiger partial charge >= 0.3 is 11.9 Å². The number of anilines is 1. The van der Waals surface area contributed by atoms with Gasteiger partial charge in [0, 0.05) is 5.56 Å². The zero-order chi connectivity index (χ0) is 24.7. The van der Waals surface area contributed by atoms with Crippen molar-refractivity contribution >= 4 is 39.9 Å². The summed E-state index contributed by atoms with van der Waals surface area (Å²) >= 11 is 1.14. The van der Waals surface area contributed by atoms with Gasteiger partial charge < -0.3 is 19.3 Å². The molecule has 0 radical (unpaired) electrons. The van der Waals surface area contributed by atoms with Gasteiger partial charge in [-0.3, -0.25) is 14.5 Å². The predicted molar refractivity (Wildman–Crippen MR) is 125 cm³/mol. The van der Waals surface area contributed by atoms with Gasteiger partial charge in [-0.25, -0.2) is 4.79 Å². The summed E-state index contributed by atoms with van der Waals surface area (Å²) in [6.45, 7) is 2.49. The Balaban J connectivity index is 1.66. The van der Waals surface area contributed by atoms with Crippen LogP contribution in [-0.4, -0.2) is 53.3 Å². The van der Waals surface area contributed by atoms with Gasteiger partial charge in [0.15, 0.2) is 11.5 Å². The van der Waals surface area contributed by atoms with Crippen LogP contribution in [0.3, 0.4) is 0 Å². The lowest BCUT2D eigenvalue weighted by Crippen LogP contribution is -2.29. The highest BCUT2D eigenvalue weighted by Gasteiger charge is 2.48. The molecule has 0 bridgehead atoms. The number of aromatic nitrogens is 2. The fraction of sp³-hybridized carbons (Fsp3) is 0.208. The number of aliphatic hydroxyl groups excluding tert-OH is 1. The van der Waals surface area contributed by atoms with E-state index in [4.69, 9.17) is 14.2 Å². The minimum atomic E-state index is -0.998. The number of nitrogens with zero attached hydrogens (tertiary/aromatic N) is 3. The summed E-state index contributed by atoms with van der Waals surface area (Å²) in [5.74, 6) is -1.66. The molecule has 2 aliphatic rings. The number of aryl methyl sites for hydroxylation is 1. The number of ether oxygens (including phenoxy) is 3. The molecule has 0 unspecified atom stereocenters. The molecule has 10 nitrogen and oxygen atoms in total. The van der Waals surface area contributed by atoms with Crippen molar-refractivity contribution in [3.8, 4) is 11.5 Å². The molecule has 35 heavy (non-hydrogen) atoms. The van der Waals surface area contributed by atoms with Gasteiger partial charge in [-0.1, -0.05) is 23.5 Å². The first-order valence-electron chi connectivity index (χ1n) is 10.6. The number of carbonyl (C=O) groups excluding carboxylic acids is 3. The molecule has 3 aromatic rings. The Morgan fingerprint density at radius 2 is 1.74 bits per heavy atom. The number of aliphatic hydroxyl groups is 1. The lowest BCUT2D eigenvalue weighted by atomic mass is 9.94. The highest BCUT2D eigenvalue weighted by molar-refractivity contribution is 7.15. The van der Waals surface area contributed by atoms with Crippen LogP contribution in [0.15, 0.2) is 48.0 Å². The highest BCUT2D eigenvalue weighted by Crippen LogP contribution is 2.43. The Morgan fingerprint density at radius 3 is 2.40 bits per heavy atom. The summed E-state index contributed by atoms with van der Waals surface area (Å²) in [6.07, 6.45) is 0. The third kappa shape index (κ3) is 3.89. The zero-order valence-corrected chi connectivity index (χ0v) is 19.5. The molecule has 3 heterocycles. The second-order valence-electron chi connectivity index (χ2n) is 7.74. The first-order chi connectivity index (χ1) is 16.9. The summed E-state index contributed by atoms with van der Waals surface area (Å²) in [6, 6.07) is 10.0. The number of methoxy groups -OCH3 is 1. The predicted octanol–water partition coefficient (Wildman–Crippen LogP) is 3.03. The number of esters is 1. The average molecular weight is 493 g/mol. The number of rotatable bonds is 4. The van der Waals surface area contributed by atoms with Gasteiger partial charge in [-0.2, -0.15) is 0 Å². The third-order valence-electron chi connectivity index (χ3n) is 5.63. The Morgan fingerprint density at radius 1 is 1.06 bits per heavy atom. The average Bonchev–Trinajstić information content (AvgIpc) is 3.43. The van der Waals surface area contributed by atoms with Crippen molar-refractivity contribution in [1.82, 2.24) is 10.2 Å². The van der Waals surface area contributed by atoms with E-state index in [0.717, 1.165) is 11.3 Å². The monoisotopic (exact) mass is 493 g/mol. The fourth-order valence-electron chi connectivity index (χ4n) is 3.99. The normalized spacial score (nSPS) is 18.6. The van der Waals surface area contributed by atoms with Crippen molar-refractivity contribution in [3.63, 3.8) is 0 Å². The zero-order valence-electron chi connectivity index (χ0n) is 18.7. The molecule has 11 heteroatoms. The first kappa shape index (κ1) is 22.5. The quantitative estimate of drug-likeness (QED) is 0.252. The van der Waals surface area contributed by atoms with Gasteiger partial charge in [-0.15, -0.1) is 10.2 Å². The number of hydrogen-bond acceptors (Lipinski definition) is 10. The maximum Gasteiger partial charge on any atom is 0.337 e. The second kappa shape index (κ2) is 8.84. The Hall–Kier alpha value is -4.25. The molecular weight excluding hydrogens is 474 g/mol. The van der Waals surface area contributed by atoms with E-state index >= 15 is 0 Å². The second-order valence-corrected chi connectivity index (χ2v) is 8.90. The molecule has 2 aromatic carbocycles. The summed E-state index contributed by atoms with van der Waals surface area (Å²) in [7, 11) is 1.27. The van der Waals surface area contributed by atoms with Gasteiger partial charge in [-0.05, 0) is 42.8 Å². The largest absolute Gasteiger partial charge is 0.507 e. The van der Waals surface area contributed by atoms with E-state index in [-0.39, 0.29) is 22.0 Å². The van der Waals surface area contributed by atoms with Crippen LogP contribution < -0.4 is 14.4 Å². The standard InChI is InChI=1S/C24H19N3O7S/c1-12-25-26-24(35-12)27-19(13-3-5-14(6-4-13)23(31)32-2)18(21(29)22(27)30)20(28)15-7-8-16-17(11-15)34-10-9-33-16/h3-8,11,19,28H,9-10H2,1-2H3/t19-/m0/s1. The van der Waals surface area contributed by atoms with Gasteiger partial charge in [0.25, 0.3) is 5.78 Å². The van der Waals surface area contributed by atoms with Gasteiger partial charge in [0.2, 0.25) is 5.13 Å². The smallest absolute Gasteiger partial charge is 0.337 e. The topological polar surface area (TPSA) is 128 Å². The van der Waals surface area contributed by atoms with Crippen LogP contribution in [-0.2, 0) is 14.3 Å². The third-order valence-corrected chi connectivity index (χ3v) is 6.47. The van der Waals surface area contributed by atoms with Crippen LogP contribution in [0.2, 0.25) is 0 Å². The number of hydrogen-bond donors (Lipinski definition) is 1. The van der Waals surface area contributed by atoms with E-state index in [0.29, 0.717) is 40.8 Å². The van der Waals surface area contributed by atoms with Crippen LogP contribution in [0.4, 0.5) is 5.13 Å². The Kier molecular flexibility index (Phi) is 5.69. The molecule has 1 atom stereocenters. The minimum Gasteiger partial charge on any atom is -0.507 e. The van der Waals surface area contributed by atoms with Crippen LogP contribution in [0.25, 0.3) is 5.76 Å². The molecule has 178 valence electrons. The van der Waals surface area contributed by atoms with Crippen LogP contribution >= 0.6 is 11.3 Å². The molecule has 5 rings (SSSR count). The number of carbonyl (C=O) groups is 3. The number of ketones is 1. The van der Waals surface area contributed by atoms with Gasteiger partial charge in [0.05, 0.1) is 24.3 Å². The number of amides is 1. The van der Waals surface area contributed by atoms with Crippen molar-refractivity contribution < 1.29 is 33.7 Å². The summed E-state index contributed by atoms with van der Waals surface area (Å²) in [5.41, 5.74) is 0.956. The van der Waals surface area contributed by atoms with E-state index in [1.165, 1.54) is 24.1 Å². The number of fused-ring (bicyclic) bond motifs is 1. The van der Waals surface area contributed by atoms with Crippen molar-refractivity contribution in [2.24, 2.45) is 0 Å². The molecule has 1 amide bonds. The first-order valence-corrected chi connectivity index (χ1v) is 11.4. The maximum absolute atomic E-state index is 13.2. The molecule has 2 aliphatic heterocycles. The van der Waals surface area contributed by atoms with E-state index in [2.05, 4.69) is 10.2 Å². The molecule has 1 aromatic heterocycles.